The molecule has 2 aromatic rings. The molecule has 3 heterocycles. The molecule has 0 bridgehead atoms. The lowest BCUT2D eigenvalue weighted by Crippen LogP contribution is -2.30. The van der Waals surface area contributed by atoms with Crippen LogP contribution in [0.3, 0.4) is 0 Å². The zero-order valence-corrected chi connectivity index (χ0v) is 13.4. The fraction of sp³-hybridized carbons (Fsp3) is 0.600. The largest absolute Gasteiger partial charge is 0.396 e. The van der Waals surface area contributed by atoms with Crippen molar-refractivity contribution >= 4 is 33.3 Å². The molecule has 114 valence electrons. The summed E-state index contributed by atoms with van der Waals surface area (Å²) in [5.74, 6) is 1.74. The van der Waals surface area contributed by atoms with Crippen molar-refractivity contribution in [1.82, 2.24) is 9.97 Å². The highest BCUT2D eigenvalue weighted by molar-refractivity contribution is 7.18. The first-order valence-corrected chi connectivity index (χ1v) is 8.38. The minimum Gasteiger partial charge on any atom is -0.396 e. The van der Waals surface area contributed by atoms with Crippen LogP contribution in [0.4, 0.5) is 11.8 Å². The summed E-state index contributed by atoms with van der Waals surface area (Å²) in [5.41, 5.74) is 0. The number of aliphatic hydroxyl groups is 1. The number of anilines is 2. The van der Waals surface area contributed by atoms with Crippen LogP contribution in [0.5, 0.6) is 0 Å². The normalized spacial score (nSPS) is 18.6. The SMILES string of the molecule is CNc1nc(N2CCCC2CCCO)c2cc(C)sc2n1. The smallest absolute Gasteiger partial charge is 0.225 e. The van der Waals surface area contributed by atoms with E-state index in [0.29, 0.717) is 12.0 Å². The second-order valence-electron chi connectivity index (χ2n) is 5.55. The number of aryl methyl sites for hydroxylation is 1. The first kappa shape index (κ1) is 14.5. The van der Waals surface area contributed by atoms with E-state index >= 15 is 0 Å². The van der Waals surface area contributed by atoms with Crippen molar-refractivity contribution < 1.29 is 5.11 Å². The first-order valence-electron chi connectivity index (χ1n) is 7.56. The molecule has 5 nitrogen and oxygen atoms in total. The third-order valence-corrected chi connectivity index (χ3v) is 5.01. The Labute approximate surface area is 129 Å². The first-order chi connectivity index (χ1) is 10.2. The fourth-order valence-corrected chi connectivity index (χ4v) is 3.97. The number of nitrogens with one attached hydrogen (secondary N) is 1. The summed E-state index contributed by atoms with van der Waals surface area (Å²) in [6, 6.07) is 2.68. The number of rotatable bonds is 5. The zero-order chi connectivity index (χ0) is 14.8. The van der Waals surface area contributed by atoms with Gasteiger partial charge >= 0.3 is 0 Å². The van der Waals surface area contributed by atoms with E-state index in [4.69, 9.17) is 10.1 Å². The van der Waals surface area contributed by atoms with Crippen LogP contribution in [0.25, 0.3) is 10.2 Å². The molecule has 1 saturated heterocycles. The predicted octanol–water partition coefficient (Wildman–Crippen LogP) is 2.78. The third-order valence-electron chi connectivity index (χ3n) is 4.06. The van der Waals surface area contributed by atoms with Crippen LogP contribution in [0.1, 0.15) is 30.6 Å². The Hall–Kier alpha value is -1.40. The second kappa shape index (κ2) is 6.15. The molecule has 1 fully saturated rings. The van der Waals surface area contributed by atoms with Crippen molar-refractivity contribution in [3.8, 4) is 0 Å². The molecule has 1 atom stereocenters. The van der Waals surface area contributed by atoms with E-state index in [1.165, 1.54) is 17.7 Å². The number of thiophene rings is 1. The van der Waals surface area contributed by atoms with Crippen molar-refractivity contribution in [2.45, 2.75) is 38.6 Å². The molecule has 0 radical (unpaired) electrons. The van der Waals surface area contributed by atoms with Gasteiger partial charge in [0.1, 0.15) is 10.6 Å². The highest BCUT2D eigenvalue weighted by Gasteiger charge is 2.27. The second-order valence-corrected chi connectivity index (χ2v) is 6.79. The molecule has 6 heteroatoms. The van der Waals surface area contributed by atoms with Gasteiger partial charge in [-0.2, -0.15) is 4.98 Å². The Balaban J connectivity index is 2.01. The van der Waals surface area contributed by atoms with Gasteiger partial charge in [-0.3, -0.25) is 0 Å². The lowest BCUT2D eigenvalue weighted by Gasteiger charge is -2.26. The van der Waals surface area contributed by atoms with Crippen molar-refractivity contribution in [1.29, 1.82) is 0 Å². The van der Waals surface area contributed by atoms with E-state index in [2.05, 4.69) is 28.2 Å². The van der Waals surface area contributed by atoms with Crippen LogP contribution < -0.4 is 10.2 Å². The molecular weight excluding hydrogens is 284 g/mol. The summed E-state index contributed by atoms with van der Waals surface area (Å²) in [7, 11) is 1.86. The molecule has 0 spiro atoms. The van der Waals surface area contributed by atoms with Gasteiger partial charge in [0.2, 0.25) is 5.95 Å². The van der Waals surface area contributed by atoms with E-state index in [9.17, 15) is 0 Å². The Morgan fingerprint density at radius 2 is 2.33 bits per heavy atom. The summed E-state index contributed by atoms with van der Waals surface area (Å²) in [6.07, 6.45) is 4.26. The minimum absolute atomic E-state index is 0.267. The number of aliphatic hydroxyl groups excluding tert-OH is 1. The molecule has 0 amide bonds. The molecule has 0 saturated carbocycles. The summed E-state index contributed by atoms with van der Waals surface area (Å²) in [4.78, 5) is 14.0. The van der Waals surface area contributed by atoms with Gasteiger partial charge in [0.05, 0.1) is 5.39 Å². The number of hydrogen-bond acceptors (Lipinski definition) is 6. The highest BCUT2D eigenvalue weighted by Crippen LogP contribution is 2.35. The van der Waals surface area contributed by atoms with E-state index in [0.717, 1.165) is 35.4 Å². The topological polar surface area (TPSA) is 61.3 Å². The van der Waals surface area contributed by atoms with Crippen LogP contribution >= 0.6 is 11.3 Å². The molecule has 1 unspecified atom stereocenters. The Morgan fingerprint density at radius 1 is 1.48 bits per heavy atom. The van der Waals surface area contributed by atoms with Crippen LogP contribution in [0.15, 0.2) is 6.07 Å². The molecule has 0 aliphatic carbocycles. The minimum atomic E-state index is 0.267. The van der Waals surface area contributed by atoms with Crippen molar-refractivity contribution in [3.63, 3.8) is 0 Å². The Bertz CT molecular complexity index is 627. The monoisotopic (exact) mass is 306 g/mol. The van der Waals surface area contributed by atoms with Gasteiger partial charge in [-0.05, 0) is 38.7 Å². The maximum absolute atomic E-state index is 9.09. The average molecular weight is 306 g/mol. The van der Waals surface area contributed by atoms with Gasteiger partial charge < -0.3 is 15.3 Å². The maximum Gasteiger partial charge on any atom is 0.225 e. The number of nitrogens with zero attached hydrogens (tertiary/aromatic N) is 3. The fourth-order valence-electron chi connectivity index (χ4n) is 3.10. The number of aromatic nitrogens is 2. The molecule has 2 N–H and O–H groups in total. The number of fused-ring (bicyclic) bond motifs is 1. The van der Waals surface area contributed by atoms with E-state index < -0.39 is 0 Å². The van der Waals surface area contributed by atoms with Crippen molar-refractivity contribution in [2.75, 3.05) is 30.4 Å². The van der Waals surface area contributed by atoms with Crippen molar-refractivity contribution in [2.24, 2.45) is 0 Å². The summed E-state index contributed by atoms with van der Waals surface area (Å²) >= 11 is 1.72. The molecule has 0 aromatic carbocycles. The van der Waals surface area contributed by atoms with Gasteiger partial charge in [-0.15, -0.1) is 11.3 Å². The Morgan fingerprint density at radius 3 is 3.10 bits per heavy atom. The summed E-state index contributed by atoms with van der Waals surface area (Å²) < 4.78 is 0. The molecule has 1 aliphatic heterocycles. The van der Waals surface area contributed by atoms with Crippen LogP contribution in [0.2, 0.25) is 0 Å². The highest BCUT2D eigenvalue weighted by atomic mass is 32.1. The van der Waals surface area contributed by atoms with Gasteiger partial charge in [-0.1, -0.05) is 0 Å². The lowest BCUT2D eigenvalue weighted by atomic mass is 10.1. The van der Waals surface area contributed by atoms with E-state index in [1.54, 1.807) is 11.3 Å². The average Bonchev–Trinajstić information content (AvgIpc) is 3.08. The Kier molecular flexibility index (Phi) is 4.26. The maximum atomic E-state index is 9.09. The summed E-state index contributed by atoms with van der Waals surface area (Å²) in [5, 5.41) is 13.3. The third kappa shape index (κ3) is 2.82. The molecule has 21 heavy (non-hydrogen) atoms. The van der Waals surface area contributed by atoms with Gasteiger partial charge in [0.15, 0.2) is 0 Å². The van der Waals surface area contributed by atoms with E-state index in [-0.39, 0.29) is 6.61 Å². The standard InChI is InChI=1S/C15H22N4OS/c1-10-9-12-13(17-15(16-2)18-14(12)21-10)19-7-3-5-11(19)6-4-8-20/h9,11,20H,3-8H2,1-2H3,(H,16,17,18). The van der Waals surface area contributed by atoms with Crippen LogP contribution in [-0.4, -0.2) is 41.3 Å². The quantitative estimate of drug-likeness (QED) is 0.889. The predicted molar refractivity (Wildman–Crippen MR) is 88.4 cm³/mol. The van der Waals surface area contributed by atoms with E-state index in [1.807, 2.05) is 7.05 Å². The van der Waals surface area contributed by atoms with Crippen LogP contribution in [-0.2, 0) is 0 Å². The molecule has 3 rings (SSSR count). The number of hydrogen-bond donors (Lipinski definition) is 2. The molecular formula is C15H22N4OS. The van der Waals surface area contributed by atoms with Gasteiger partial charge in [0, 0.05) is 31.1 Å². The lowest BCUT2D eigenvalue weighted by molar-refractivity contribution is 0.279. The van der Waals surface area contributed by atoms with Crippen LogP contribution in [0, 0.1) is 6.92 Å². The van der Waals surface area contributed by atoms with Gasteiger partial charge in [0.25, 0.3) is 0 Å². The molecule has 2 aromatic heterocycles. The molecule has 1 aliphatic rings. The van der Waals surface area contributed by atoms with Gasteiger partial charge in [-0.25, -0.2) is 4.98 Å². The zero-order valence-electron chi connectivity index (χ0n) is 12.6. The van der Waals surface area contributed by atoms with Crippen molar-refractivity contribution in [3.05, 3.63) is 10.9 Å². The summed E-state index contributed by atoms with van der Waals surface area (Å²) in [6.45, 7) is 3.42.